The Labute approximate surface area is 85.8 Å². The molecule has 0 bridgehead atoms. The van der Waals surface area contributed by atoms with Crippen LogP contribution in [0.15, 0.2) is 11.6 Å². The van der Waals surface area contributed by atoms with Crippen molar-refractivity contribution in [2.75, 3.05) is 19.6 Å². The van der Waals surface area contributed by atoms with Gasteiger partial charge in [0, 0.05) is 13.1 Å². The highest BCUT2D eigenvalue weighted by molar-refractivity contribution is 7.90. The normalized spacial score (nSPS) is 18.4. The number of hydrogen-bond acceptors (Lipinski definition) is 3. The molecule has 0 saturated carbocycles. The van der Waals surface area contributed by atoms with Gasteiger partial charge in [-0.3, -0.25) is 0 Å². The Morgan fingerprint density at radius 2 is 2.29 bits per heavy atom. The van der Waals surface area contributed by atoms with Crippen molar-refractivity contribution >= 4 is 10.0 Å². The highest BCUT2D eigenvalue weighted by Gasteiger charge is 2.15. The number of hydrogen-bond donors (Lipinski definition) is 2. The Morgan fingerprint density at radius 3 is 2.79 bits per heavy atom. The standard InChI is InChI=1S/C9H18N2O2S/c1-8(2)14(12,13)11-7-9-3-5-10-6-4-9/h3,8,10-11H,4-7H2,1-2H3. The second-order valence-electron chi connectivity index (χ2n) is 3.73. The first-order chi connectivity index (χ1) is 6.52. The van der Waals surface area contributed by atoms with Crippen LogP contribution in [0.4, 0.5) is 0 Å². The van der Waals surface area contributed by atoms with Crippen molar-refractivity contribution in [1.82, 2.24) is 10.0 Å². The molecule has 0 amide bonds. The monoisotopic (exact) mass is 218 g/mol. The average molecular weight is 218 g/mol. The zero-order valence-corrected chi connectivity index (χ0v) is 9.52. The van der Waals surface area contributed by atoms with E-state index in [0.717, 1.165) is 19.5 Å². The summed E-state index contributed by atoms with van der Waals surface area (Å²) in [5.74, 6) is 0. The quantitative estimate of drug-likeness (QED) is 0.664. The fourth-order valence-electron chi connectivity index (χ4n) is 1.19. The Morgan fingerprint density at radius 1 is 1.57 bits per heavy atom. The molecule has 0 aromatic carbocycles. The Balaban J connectivity index is 2.44. The van der Waals surface area contributed by atoms with Crippen molar-refractivity contribution in [3.63, 3.8) is 0 Å². The van der Waals surface area contributed by atoms with Crippen LogP contribution in [0.5, 0.6) is 0 Å². The van der Waals surface area contributed by atoms with E-state index in [1.165, 1.54) is 5.57 Å². The van der Waals surface area contributed by atoms with E-state index >= 15 is 0 Å². The molecule has 1 rings (SSSR count). The summed E-state index contributed by atoms with van der Waals surface area (Å²) in [5, 5.41) is 2.82. The lowest BCUT2D eigenvalue weighted by Gasteiger charge is -2.15. The van der Waals surface area contributed by atoms with Gasteiger partial charge in [0.2, 0.25) is 10.0 Å². The number of sulfonamides is 1. The van der Waals surface area contributed by atoms with Crippen LogP contribution in [0.25, 0.3) is 0 Å². The van der Waals surface area contributed by atoms with Gasteiger partial charge in [0.05, 0.1) is 5.25 Å². The minimum absolute atomic E-state index is 0.357. The van der Waals surface area contributed by atoms with Crippen molar-refractivity contribution in [2.45, 2.75) is 25.5 Å². The first kappa shape index (κ1) is 11.7. The largest absolute Gasteiger partial charge is 0.313 e. The summed E-state index contributed by atoms with van der Waals surface area (Å²) < 4.78 is 25.4. The molecule has 2 N–H and O–H groups in total. The van der Waals surface area contributed by atoms with E-state index in [1.54, 1.807) is 13.8 Å². The molecule has 0 aromatic heterocycles. The minimum Gasteiger partial charge on any atom is -0.313 e. The van der Waals surface area contributed by atoms with Gasteiger partial charge in [0.1, 0.15) is 0 Å². The first-order valence-corrected chi connectivity index (χ1v) is 6.44. The van der Waals surface area contributed by atoms with E-state index < -0.39 is 10.0 Å². The predicted octanol–water partition coefficient (Wildman–Crippen LogP) is 0.234. The minimum atomic E-state index is -3.11. The summed E-state index contributed by atoms with van der Waals surface area (Å²) in [6.07, 6.45) is 2.98. The molecule has 0 aliphatic carbocycles. The summed E-state index contributed by atoms with van der Waals surface area (Å²) in [6, 6.07) is 0. The molecule has 82 valence electrons. The van der Waals surface area contributed by atoms with Crippen LogP contribution in [0, 0.1) is 0 Å². The lowest BCUT2D eigenvalue weighted by atomic mass is 10.1. The van der Waals surface area contributed by atoms with Crippen molar-refractivity contribution in [2.24, 2.45) is 0 Å². The molecule has 0 aromatic rings. The van der Waals surface area contributed by atoms with E-state index in [1.807, 2.05) is 6.08 Å². The van der Waals surface area contributed by atoms with Gasteiger partial charge in [-0.2, -0.15) is 0 Å². The fraction of sp³-hybridized carbons (Fsp3) is 0.778. The molecule has 1 aliphatic heterocycles. The molecule has 0 spiro atoms. The van der Waals surface area contributed by atoms with Crippen molar-refractivity contribution in [3.8, 4) is 0 Å². The third-order valence-electron chi connectivity index (χ3n) is 2.28. The zero-order valence-electron chi connectivity index (χ0n) is 8.71. The Bertz CT molecular complexity index is 307. The SMILES string of the molecule is CC(C)S(=O)(=O)NCC1=CCNCC1. The topological polar surface area (TPSA) is 58.2 Å². The third kappa shape index (κ3) is 3.40. The number of rotatable bonds is 4. The average Bonchev–Trinajstić information content (AvgIpc) is 2.16. The maximum atomic E-state index is 11.4. The maximum Gasteiger partial charge on any atom is 0.214 e. The van der Waals surface area contributed by atoms with E-state index in [0.29, 0.717) is 6.54 Å². The van der Waals surface area contributed by atoms with Crippen molar-refractivity contribution in [1.29, 1.82) is 0 Å². The van der Waals surface area contributed by atoms with Gasteiger partial charge < -0.3 is 5.32 Å². The van der Waals surface area contributed by atoms with Gasteiger partial charge in [-0.25, -0.2) is 13.1 Å². The summed E-state index contributed by atoms with van der Waals surface area (Å²) in [4.78, 5) is 0. The molecule has 0 atom stereocenters. The molecule has 14 heavy (non-hydrogen) atoms. The molecule has 0 unspecified atom stereocenters. The van der Waals surface area contributed by atoms with Crippen LogP contribution in [-0.2, 0) is 10.0 Å². The summed E-state index contributed by atoms with van der Waals surface area (Å²) in [5.41, 5.74) is 1.17. The smallest absolute Gasteiger partial charge is 0.214 e. The molecule has 1 aliphatic rings. The summed E-state index contributed by atoms with van der Waals surface area (Å²) >= 11 is 0. The second-order valence-corrected chi connectivity index (χ2v) is 6.05. The van der Waals surface area contributed by atoms with Crippen LogP contribution >= 0.6 is 0 Å². The zero-order chi connectivity index (χ0) is 10.6. The van der Waals surface area contributed by atoms with Crippen LogP contribution in [0.1, 0.15) is 20.3 Å². The third-order valence-corrected chi connectivity index (χ3v) is 4.07. The van der Waals surface area contributed by atoms with Crippen molar-refractivity contribution in [3.05, 3.63) is 11.6 Å². The second kappa shape index (κ2) is 4.91. The fourth-order valence-corrected chi connectivity index (χ4v) is 1.91. The van der Waals surface area contributed by atoms with Gasteiger partial charge >= 0.3 is 0 Å². The Kier molecular flexibility index (Phi) is 4.10. The molecular weight excluding hydrogens is 200 g/mol. The molecule has 0 saturated heterocycles. The first-order valence-electron chi connectivity index (χ1n) is 4.89. The van der Waals surface area contributed by atoms with Gasteiger partial charge in [0.15, 0.2) is 0 Å². The van der Waals surface area contributed by atoms with E-state index in [9.17, 15) is 8.42 Å². The van der Waals surface area contributed by atoms with E-state index in [2.05, 4.69) is 10.0 Å². The van der Waals surface area contributed by atoms with Gasteiger partial charge in [-0.15, -0.1) is 0 Å². The summed E-state index contributed by atoms with van der Waals surface area (Å²) in [6.45, 7) is 5.61. The lowest BCUT2D eigenvalue weighted by Crippen LogP contribution is -2.34. The highest BCUT2D eigenvalue weighted by Crippen LogP contribution is 2.04. The Hall–Kier alpha value is -0.390. The van der Waals surface area contributed by atoms with E-state index in [4.69, 9.17) is 0 Å². The lowest BCUT2D eigenvalue weighted by molar-refractivity contribution is 0.573. The predicted molar refractivity (Wildman–Crippen MR) is 57.6 cm³/mol. The van der Waals surface area contributed by atoms with Gasteiger partial charge in [-0.1, -0.05) is 11.6 Å². The maximum absolute atomic E-state index is 11.4. The molecular formula is C9H18N2O2S. The van der Waals surface area contributed by atoms with Crippen LogP contribution in [0.2, 0.25) is 0 Å². The molecule has 5 heteroatoms. The van der Waals surface area contributed by atoms with Crippen LogP contribution in [-0.4, -0.2) is 33.3 Å². The summed E-state index contributed by atoms with van der Waals surface area (Å²) in [7, 11) is -3.11. The molecule has 1 heterocycles. The molecule has 0 radical (unpaired) electrons. The van der Waals surface area contributed by atoms with Crippen LogP contribution < -0.4 is 10.0 Å². The number of nitrogens with one attached hydrogen (secondary N) is 2. The van der Waals surface area contributed by atoms with Crippen molar-refractivity contribution < 1.29 is 8.42 Å². The van der Waals surface area contributed by atoms with Gasteiger partial charge in [-0.05, 0) is 26.8 Å². The highest BCUT2D eigenvalue weighted by atomic mass is 32.2. The van der Waals surface area contributed by atoms with Gasteiger partial charge in [0.25, 0.3) is 0 Å². The molecule has 4 nitrogen and oxygen atoms in total. The molecule has 0 fully saturated rings. The van der Waals surface area contributed by atoms with Crippen LogP contribution in [0.3, 0.4) is 0 Å². The van der Waals surface area contributed by atoms with E-state index in [-0.39, 0.29) is 5.25 Å².